The first kappa shape index (κ1) is 10.8. The van der Waals surface area contributed by atoms with Gasteiger partial charge in [0.25, 0.3) is 0 Å². The minimum Gasteiger partial charge on any atom is -0.422 e. The second kappa shape index (κ2) is 4.18. The molecule has 1 saturated heterocycles. The predicted octanol–water partition coefficient (Wildman–Crippen LogP) is 3.60. The molecule has 0 bridgehead atoms. The highest BCUT2D eigenvalue weighted by Gasteiger charge is 2.35. The SMILES string of the molecule is C=CC1OC(=O)OC1c1ccc2ccccc2c1. The Balaban J connectivity index is 2.03. The molecule has 1 aliphatic rings. The Morgan fingerprint density at radius 3 is 2.61 bits per heavy atom. The zero-order valence-electron chi connectivity index (χ0n) is 9.71. The Hall–Kier alpha value is -2.29. The molecular formula is C15H12O3. The first-order chi connectivity index (χ1) is 8.78. The average Bonchev–Trinajstić information content (AvgIpc) is 2.79. The van der Waals surface area contributed by atoms with Gasteiger partial charge in [0.1, 0.15) is 0 Å². The number of hydrogen-bond acceptors (Lipinski definition) is 3. The van der Waals surface area contributed by atoms with Crippen LogP contribution >= 0.6 is 0 Å². The highest BCUT2D eigenvalue weighted by molar-refractivity contribution is 5.83. The molecule has 1 aliphatic heterocycles. The summed E-state index contributed by atoms with van der Waals surface area (Å²) in [5.41, 5.74) is 0.921. The molecule has 0 N–H and O–H groups in total. The fourth-order valence-corrected chi connectivity index (χ4v) is 2.19. The van der Waals surface area contributed by atoms with Gasteiger partial charge in [-0.25, -0.2) is 4.79 Å². The third-order valence-corrected chi connectivity index (χ3v) is 3.09. The van der Waals surface area contributed by atoms with E-state index in [1.54, 1.807) is 6.08 Å². The number of cyclic esters (lactones) is 2. The summed E-state index contributed by atoms with van der Waals surface area (Å²) < 4.78 is 10.2. The van der Waals surface area contributed by atoms with Gasteiger partial charge in [0.2, 0.25) is 0 Å². The van der Waals surface area contributed by atoms with Crippen LogP contribution in [0.4, 0.5) is 4.79 Å². The number of carbonyl (C=O) groups excluding carboxylic acids is 1. The number of fused-ring (bicyclic) bond motifs is 1. The fourth-order valence-electron chi connectivity index (χ4n) is 2.19. The lowest BCUT2D eigenvalue weighted by Gasteiger charge is -2.12. The van der Waals surface area contributed by atoms with Gasteiger partial charge in [-0.05, 0) is 28.5 Å². The van der Waals surface area contributed by atoms with Crippen molar-refractivity contribution in [1.29, 1.82) is 0 Å². The fraction of sp³-hybridized carbons (Fsp3) is 0.133. The molecule has 0 aromatic heterocycles. The van der Waals surface area contributed by atoms with Gasteiger partial charge in [-0.15, -0.1) is 0 Å². The van der Waals surface area contributed by atoms with Crippen LogP contribution in [0.1, 0.15) is 11.7 Å². The van der Waals surface area contributed by atoms with E-state index in [0.717, 1.165) is 16.3 Å². The van der Waals surface area contributed by atoms with Crippen molar-refractivity contribution in [1.82, 2.24) is 0 Å². The van der Waals surface area contributed by atoms with Crippen molar-refractivity contribution < 1.29 is 14.3 Å². The monoisotopic (exact) mass is 240 g/mol. The Labute approximate surface area is 105 Å². The van der Waals surface area contributed by atoms with Crippen molar-refractivity contribution in [3.05, 3.63) is 60.7 Å². The molecule has 0 spiro atoms. The third kappa shape index (κ3) is 1.74. The molecule has 18 heavy (non-hydrogen) atoms. The van der Waals surface area contributed by atoms with Gasteiger partial charge in [-0.2, -0.15) is 0 Å². The number of hydrogen-bond donors (Lipinski definition) is 0. The minimum absolute atomic E-state index is 0.403. The van der Waals surface area contributed by atoms with Crippen LogP contribution in [-0.4, -0.2) is 12.3 Å². The van der Waals surface area contributed by atoms with Crippen molar-refractivity contribution in [2.75, 3.05) is 0 Å². The standard InChI is InChI=1S/C15H12O3/c1-2-13-14(18-15(16)17-13)12-8-7-10-5-3-4-6-11(10)9-12/h2-9,13-14H,1H2. The van der Waals surface area contributed by atoms with Crippen LogP contribution < -0.4 is 0 Å². The molecular weight excluding hydrogens is 228 g/mol. The summed E-state index contributed by atoms with van der Waals surface area (Å²) in [4.78, 5) is 11.2. The van der Waals surface area contributed by atoms with E-state index in [1.165, 1.54) is 0 Å². The van der Waals surface area contributed by atoms with Crippen molar-refractivity contribution in [3.8, 4) is 0 Å². The number of benzene rings is 2. The zero-order chi connectivity index (χ0) is 12.5. The maximum Gasteiger partial charge on any atom is 0.509 e. The minimum atomic E-state index is -0.641. The molecule has 2 unspecified atom stereocenters. The second-order valence-corrected chi connectivity index (χ2v) is 4.21. The molecule has 0 radical (unpaired) electrons. The summed E-state index contributed by atoms with van der Waals surface area (Å²) in [6.45, 7) is 3.66. The van der Waals surface area contributed by atoms with Crippen LogP contribution in [0.3, 0.4) is 0 Å². The summed E-state index contributed by atoms with van der Waals surface area (Å²) >= 11 is 0. The van der Waals surface area contributed by atoms with Crippen LogP contribution in [0, 0.1) is 0 Å². The van der Waals surface area contributed by atoms with E-state index in [-0.39, 0.29) is 0 Å². The molecule has 3 rings (SSSR count). The lowest BCUT2D eigenvalue weighted by molar-refractivity contribution is 0.117. The molecule has 90 valence electrons. The van der Waals surface area contributed by atoms with E-state index in [1.807, 2.05) is 42.5 Å². The van der Waals surface area contributed by atoms with Crippen molar-refractivity contribution in [3.63, 3.8) is 0 Å². The molecule has 3 heteroatoms. The first-order valence-electron chi connectivity index (χ1n) is 5.76. The highest BCUT2D eigenvalue weighted by atomic mass is 16.8. The Bertz CT molecular complexity index is 618. The molecule has 1 heterocycles. The topological polar surface area (TPSA) is 35.5 Å². The van der Waals surface area contributed by atoms with Crippen LogP contribution in [0.25, 0.3) is 10.8 Å². The largest absolute Gasteiger partial charge is 0.509 e. The molecule has 3 nitrogen and oxygen atoms in total. The maximum atomic E-state index is 11.2. The summed E-state index contributed by atoms with van der Waals surface area (Å²) in [5.74, 6) is 0. The summed E-state index contributed by atoms with van der Waals surface area (Å²) in [6.07, 6.45) is 0.126. The second-order valence-electron chi connectivity index (χ2n) is 4.21. The van der Waals surface area contributed by atoms with Gasteiger partial charge in [0.15, 0.2) is 12.2 Å². The molecule has 2 atom stereocenters. The maximum absolute atomic E-state index is 11.2. The zero-order valence-corrected chi connectivity index (χ0v) is 9.71. The lowest BCUT2D eigenvalue weighted by Crippen LogP contribution is -2.11. The van der Waals surface area contributed by atoms with E-state index in [9.17, 15) is 4.79 Å². The predicted molar refractivity (Wildman–Crippen MR) is 68.2 cm³/mol. The van der Waals surface area contributed by atoms with E-state index < -0.39 is 18.4 Å². The van der Waals surface area contributed by atoms with E-state index in [4.69, 9.17) is 9.47 Å². The quantitative estimate of drug-likeness (QED) is 0.594. The van der Waals surface area contributed by atoms with E-state index in [0.29, 0.717) is 0 Å². The molecule has 0 aliphatic carbocycles. The van der Waals surface area contributed by atoms with E-state index >= 15 is 0 Å². The van der Waals surface area contributed by atoms with Crippen molar-refractivity contribution in [2.45, 2.75) is 12.2 Å². The molecule has 0 amide bonds. The van der Waals surface area contributed by atoms with Crippen LogP contribution in [-0.2, 0) is 9.47 Å². The number of rotatable bonds is 2. The smallest absolute Gasteiger partial charge is 0.422 e. The normalized spacial score (nSPS) is 22.6. The van der Waals surface area contributed by atoms with Crippen LogP contribution in [0.5, 0.6) is 0 Å². The molecule has 1 fully saturated rings. The first-order valence-corrected chi connectivity index (χ1v) is 5.76. The number of ether oxygens (including phenoxy) is 2. The average molecular weight is 240 g/mol. The van der Waals surface area contributed by atoms with Crippen molar-refractivity contribution in [2.24, 2.45) is 0 Å². The summed E-state index contributed by atoms with van der Waals surface area (Å²) in [5, 5.41) is 2.27. The number of carbonyl (C=O) groups is 1. The third-order valence-electron chi connectivity index (χ3n) is 3.09. The van der Waals surface area contributed by atoms with Gasteiger partial charge < -0.3 is 9.47 Å². The van der Waals surface area contributed by atoms with Crippen molar-refractivity contribution >= 4 is 16.9 Å². The van der Waals surface area contributed by atoms with E-state index in [2.05, 4.69) is 6.58 Å². The van der Waals surface area contributed by atoms with Gasteiger partial charge in [0.05, 0.1) is 0 Å². The van der Waals surface area contributed by atoms with Gasteiger partial charge in [-0.3, -0.25) is 0 Å². The summed E-state index contributed by atoms with van der Waals surface area (Å²) in [6, 6.07) is 14.0. The highest BCUT2D eigenvalue weighted by Crippen LogP contribution is 2.32. The van der Waals surface area contributed by atoms with Crippen LogP contribution in [0.15, 0.2) is 55.1 Å². The van der Waals surface area contributed by atoms with Gasteiger partial charge in [0, 0.05) is 0 Å². The Kier molecular flexibility index (Phi) is 2.52. The lowest BCUT2D eigenvalue weighted by atomic mass is 10.0. The van der Waals surface area contributed by atoms with Crippen LogP contribution in [0.2, 0.25) is 0 Å². The van der Waals surface area contributed by atoms with Gasteiger partial charge >= 0.3 is 6.16 Å². The molecule has 2 aromatic rings. The van der Waals surface area contributed by atoms with Gasteiger partial charge in [-0.1, -0.05) is 43.0 Å². The molecule has 2 aromatic carbocycles. The summed E-state index contributed by atoms with van der Waals surface area (Å²) in [7, 11) is 0. The Morgan fingerprint density at radius 2 is 1.83 bits per heavy atom. The molecule has 0 saturated carbocycles. The Morgan fingerprint density at radius 1 is 1.06 bits per heavy atom.